The minimum absolute atomic E-state index is 0.294. The summed E-state index contributed by atoms with van der Waals surface area (Å²) < 4.78 is 5.39. The molecule has 0 heterocycles. The van der Waals surface area contributed by atoms with Crippen LogP contribution >= 0.6 is 0 Å². The summed E-state index contributed by atoms with van der Waals surface area (Å²) in [6.07, 6.45) is 0.999. The molecule has 3 N–H and O–H groups in total. The Morgan fingerprint density at radius 2 is 2.19 bits per heavy atom. The molecule has 3 nitrogen and oxygen atoms in total. The van der Waals surface area contributed by atoms with Crippen LogP contribution in [0, 0.1) is 6.92 Å². The average Bonchev–Trinajstić information content (AvgIpc) is 2.29. The van der Waals surface area contributed by atoms with Gasteiger partial charge in [-0.2, -0.15) is 0 Å². The lowest BCUT2D eigenvalue weighted by Gasteiger charge is -2.17. The normalized spacial score (nSPS) is 12.5. The summed E-state index contributed by atoms with van der Waals surface area (Å²) >= 11 is 0. The molecule has 0 amide bonds. The standard InChI is InChI=1S/C13H22N2O/c1-10-5-6-12(13(9-10)16-3)11(2)15-8-4-7-14/h5-6,9,11,15H,4,7-8,14H2,1-3H3. The summed E-state index contributed by atoms with van der Waals surface area (Å²) in [4.78, 5) is 0. The van der Waals surface area contributed by atoms with Gasteiger partial charge in [0.15, 0.2) is 0 Å². The molecule has 1 aromatic rings. The van der Waals surface area contributed by atoms with Crippen molar-refractivity contribution in [1.82, 2.24) is 5.32 Å². The molecule has 0 saturated heterocycles. The molecule has 0 aromatic heterocycles. The van der Waals surface area contributed by atoms with E-state index >= 15 is 0 Å². The Morgan fingerprint density at radius 3 is 2.81 bits per heavy atom. The van der Waals surface area contributed by atoms with Crippen LogP contribution in [0.2, 0.25) is 0 Å². The summed E-state index contributed by atoms with van der Waals surface area (Å²) in [6.45, 7) is 5.88. The van der Waals surface area contributed by atoms with E-state index in [0.717, 1.165) is 25.3 Å². The topological polar surface area (TPSA) is 47.3 Å². The van der Waals surface area contributed by atoms with Crippen molar-refractivity contribution < 1.29 is 4.74 Å². The molecule has 1 atom stereocenters. The van der Waals surface area contributed by atoms with Gasteiger partial charge in [0.05, 0.1) is 7.11 Å². The molecule has 3 heteroatoms. The predicted octanol–water partition coefficient (Wildman–Crippen LogP) is 2.00. The minimum atomic E-state index is 0.294. The third-order valence-corrected chi connectivity index (χ3v) is 2.69. The molecule has 1 unspecified atom stereocenters. The number of rotatable bonds is 6. The molecule has 0 bridgehead atoms. The SMILES string of the molecule is COc1cc(C)ccc1C(C)NCCCN. The van der Waals surface area contributed by atoms with Crippen LogP contribution in [0.5, 0.6) is 5.75 Å². The highest BCUT2D eigenvalue weighted by atomic mass is 16.5. The summed E-state index contributed by atoms with van der Waals surface area (Å²) in [5.74, 6) is 0.952. The quantitative estimate of drug-likeness (QED) is 0.724. The number of benzene rings is 1. The molecular weight excluding hydrogens is 200 g/mol. The lowest BCUT2D eigenvalue weighted by atomic mass is 10.0. The van der Waals surface area contributed by atoms with Crippen molar-refractivity contribution >= 4 is 0 Å². The molecule has 0 fully saturated rings. The van der Waals surface area contributed by atoms with E-state index in [1.54, 1.807) is 7.11 Å². The second kappa shape index (κ2) is 6.51. The minimum Gasteiger partial charge on any atom is -0.496 e. The first-order valence-corrected chi connectivity index (χ1v) is 5.77. The van der Waals surface area contributed by atoms with Gasteiger partial charge in [0.25, 0.3) is 0 Å². The summed E-state index contributed by atoms with van der Waals surface area (Å²) in [7, 11) is 1.71. The van der Waals surface area contributed by atoms with E-state index in [2.05, 4.69) is 37.4 Å². The van der Waals surface area contributed by atoms with E-state index in [9.17, 15) is 0 Å². The van der Waals surface area contributed by atoms with Crippen molar-refractivity contribution in [3.05, 3.63) is 29.3 Å². The summed E-state index contributed by atoms with van der Waals surface area (Å²) in [6, 6.07) is 6.59. The Kier molecular flexibility index (Phi) is 5.29. The molecule has 0 saturated carbocycles. The highest BCUT2D eigenvalue weighted by Gasteiger charge is 2.10. The lowest BCUT2D eigenvalue weighted by Crippen LogP contribution is -2.22. The smallest absolute Gasteiger partial charge is 0.123 e. The van der Waals surface area contributed by atoms with Crippen LogP contribution in [-0.4, -0.2) is 20.2 Å². The van der Waals surface area contributed by atoms with Gasteiger partial charge in [-0.3, -0.25) is 0 Å². The zero-order chi connectivity index (χ0) is 12.0. The van der Waals surface area contributed by atoms with Crippen molar-refractivity contribution in [2.75, 3.05) is 20.2 Å². The summed E-state index contributed by atoms with van der Waals surface area (Å²) in [5.41, 5.74) is 7.88. The van der Waals surface area contributed by atoms with E-state index in [1.165, 1.54) is 11.1 Å². The monoisotopic (exact) mass is 222 g/mol. The van der Waals surface area contributed by atoms with Gasteiger partial charge in [0, 0.05) is 11.6 Å². The van der Waals surface area contributed by atoms with Crippen LogP contribution in [-0.2, 0) is 0 Å². The lowest BCUT2D eigenvalue weighted by molar-refractivity contribution is 0.401. The van der Waals surface area contributed by atoms with Crippen molar-refractivity contribution in [3.8, 4) is 5.75 Å². The zero-order valence-corrected chi connectivity index (χ0v) is 10.4. The Hall–Kier alpha value is -1.06. The van der Waals surface area contributed by atoms with Crippen LogP contribution in [0.15, 0.2) is 18.2 Å². The van der Waals surface area contributed by atoms with Gasteiger partial charge in [0.2, 0.25) is 0 Å². The fourth-order valence-electron chi connectivity index (χ4n) is 1.71. The molecular formula is C13H22N2O. The highest BCUT2D eigenvalue weighted by molar-refractivity contribution is 5.38. The Balaban J connectivity index is 2.70. The van der Waals surface area contributed by atoms with Crippen LogP contribution < -0.4 is 15.8 Å². The Bertz CT molecular complexity index is 326. The Labute approximate surface area is 98.0 Å². The first-order chi connectivity index (χ1) is 7.69. The molecule has 1 aromatic carbocycles. The second-order valence-corrected chi connectivity index (χ2v) is 4.06. The molecule has 90 valence electrons. The number of aryl methyl sites for hydroxylation is 1. The maximum atomic E-state index is 5.46. The largest absolute Gasteiger partial charge is 0.496 e. The fourth-order valence-corrected chi connectivity index (χ4v) is 1.71. The Morgan fingerprint density at radius 1 is 1.44 bits per heavy atom. The van der Waals surface area contributed by atoms with E-state index in [0.29, 0.717) is 6.04 Å². The van der Waals surface area contributed by atoms with Crippen molar-refractivity contribution in [1.29, 1.82) is 0 Å². The number of nitrogens with two attached hydrogens (primary N) is 1. The molecule has 16 heavy (non-hydrogen) atoms. The molecule has 0 spiro atoms. The number of ether oxygens (including phenoxy) is 1. The average molecular weight is 222 g/mol. The first kappa shape index (κ1) is 13.0. The van der Waals surface area contributed by atoms with E-state index in [4.69, 9.17) is 10.5 Å². The van der Waals surface area contributed by atoms with E-state index < -0.39 is 0 Å². The number of hydrogen-bond acceptors (Lipinski definition) is 3. The third kappa shape index (κ3) is 3.51. The maximum Gasteiger partial charge on any atom is 0.123 e. The van der Waals surface area contributed by atoms with Crippen molar-refractivity contribution in [3.63, 3.8) is 0 Å². The number of nitrogens with one attached hydrogen (secondary N) is 1. The number of hydrogen-bond donors (Lipinski definition) is 2. The fraction of sp³-hybridized carbons (Fsp3) is 0.538. The molecule has 0 radical (unpaired) electrons. The molecule has 1 rings (SSSR count). The van der Waals surface area contributed by atoms with Gasteiger partial charge in [-0.25, -0.2) is 0 Å². The van der Waals surface area contributed by atoms with Gasteiger partial charge in [0.1, 0.15) is 5.75 Å². The van der Waals surface area contributed by atoms with Crippen molar-refractivity contribution in [2.24, 2.45) is 5.73 Å². The summed E-state index contributed by atoms with van der Waals surface area (Å²) in [5, 5.41) is 3.43. The van der Waals surface area contributed by atoms with Crippen LogP contribution in [0.25, 0.3) is 0 Å². The maximum absolute atomic E-state index is 5.46. The van der Waals surface area contributed by atoms with Gasteiger partial charge >= 0.3 is 0 Å². The van der Waals surface area contributed by atoms with Gasteiger partial charge in [-0.1, -0.05) is 12.1 Å². The number of methoxy groups -OCH3 is 1. The molecule has 0 aliphatic heterocycles. The van der Waals surface area contributed by atoms with E-state index in [-0.39, 0.29) is 0 Å². The second-order valence-electron chi connectivity index (χ2n) is 4.06. The van der Waals surface area contributed by atoms with Crippen LogP contribution in [0.4, 0.5) is 0 Å². The van der Waals surface area contributed by atoms with E-state index in [1.807, 2.05) is 0 Å². The zero-order valence-electron chi connectivity index (χ0n) is 10.4. The van der Waals surface area contributed by atoms with Gasteiger partial charge < -0.3 is 15.8 Å². The first-order valence-electron chi connectivity index (χ1n) is 5.77. The van der Waals surface area contributed by atoms with Crippen molar-refractivity contribution in [2.45, 2.75) is 26.3 Å². The van der Waals surface area contributed by atoms with Crippen LogP contribution in [0.3, 0.4) is 0 Å². The molecule has 0 aliphatic rings. The highest BCUT2D eigenvalue weighted by Crippen LogP contribution is 2.25. The van der Waals surface area contributed by atoms with Gasteiger partial charge in [-0.15, -0.1) is 0 Å². The molecule has 0 aliphatic carbocycles. The predicted molar refractivity (Wildman–Crippen MR) is 67.8 cm³/mol. The third-order valence-electron chi connectivity index (χ3n) is 2.69. The van der Waals surface area contributed by atoms with Crippen LogP contribution in [0.1, 0.15) is 30.5 Å². The van der Waals surface area contributed by atoms with Gasteiger partial charge in [-0.05, 0) is 45.0 Å².